The van der Waals surface area contributed by atoms with Crippen molar-refractivity contribution in [3.8, 4) is 0 Å². The van der Waals surface area contributed by atoms with E-state index in [0.717, 1.165) is 22.2 Å². The number of fused-ring (bicyclic) bond motifs is 3. The van der Waals surface area contributed by atoms with Gasteiger partial charge in [-0.25, -0.2) is 0 Å². The van der Waals surface area contributed by atoms with Crippen molar-refractivity contribution in [2.24, 2.45) is 7.05 Å². The molecule has 0 saturated heterocycles. The molecule has 0 aliphatic heterocycles. The number of para-hydroxylation sites is 1. The van der Waals surface area contributed by atoms with Gasteiger partial charge in [0.25, 0.3) is 5.56 Å². The second-order valence-corrected chi connectivity index (χ2v) is 7.47. The highest BCUT2D eigenvalue weighted by molar-refractivity contribution is 7.99. The highest BCUT2D eigenvalue weighted by atomic mass is 32.2. The summed E-state index contributed by atoms with van der Waals surface area (Å²) in [5, 5.41) is 9.56. The molecule has 27 heavy (non-hydrogen) atoms. The first-order valence-electron chi connectivity index (χ1n) is 8.53. The van der Waals surface area contributed by atoms with Crippen LogP contribution in [0.3, 0.4) is 0 Å². The fraction of sp³-hybridized carbons (Fsp3) is 0.200. The van der Waals surface area contributed by atoms with E-state index in [-0.39, 0.29) is 17.1 Å². The molecule has 4 aromatic rings. The van der Waals surface area contributed by atoms with Gasteiger partial charge in [0.15, 0.2) is 10.9 Å². The number of Topliss-reactive ketones (excluding diaryl/α,β-unsaturated/α-hetero) is 1. The van der Waals surface area contributed by atoms with Crippen molar-refractivity contribution in [1.82, 2.24) is 19.2 Å². The van der Waals surface area contributed by atoms with Crippen LogP contribution in [0.25, 0.3) is 16.7 Å². The van der Waals surface area contributed by atoms with E-state index < -0.39 is 0 Å². The number of ketones is 1. The Bertz CT molecular complexity index is 1260. The Hall–Kier alpha value is -2.93. The van der Waals surface area contributed by atoms with Gasteiger partial charge in [-0.15, -0.1) is 10.2 Å². The quantitative estimate of drug-likeness (QED) is 0.403. The molecular weight excluding hydrogens is 360 g/mol. The molecule has 6 nitrogen and oxygen atoms in total. The molecule has 4 rings (SSSR count). The fourth-order valence-electron chi connectivity index (χ4n) is 3.15. The summed E-state index contributed by atoms with van der Waals surface area (Å²) < 4.78 is 3.31. The molecule has 2 aromatic carbocycles. The van der Waals surface area contributed by atoms with E-state index >= 15 is 0 Å². The number of aromatic nitrogens is 4. The topological polar surface area (TPSA) is 69.3 Å². The van der Waals surface area contributed by atoms with E-state index in [1.54, 1.807) is 13.1 Å². The van der Waals surface area contributed by atoms with Crippen LogP contribution in [0.2, 0.25) is 0 Å². The molecule has 0 unspecified atom stereocenters. The maximum atomic E-state index is 12.7. The average molecular weight is 378 g/mol. The van der Waals surface area contributed by atoms with Gasteiger partial charge in [-0.2, -0.15) is 0 Å². The normalized spacial score (nSPS) is 11.4. The van der Waals surface area contributed by atoms with Gasteiger partial charge in [-0.05, 0) is 37.6 Å². The van der Waals surface area contributed by atoms with Crippen LogP contribution in [0, 0.1) is 13.8 Å². The number of hydrogen-bond acceptors (Lipinski definition) is 5. The van der Waals surface area contributed by atoms with Crippen molar-refractivity contribution >= 4 is 34.2 Å². The molecule has 0 radical (unpaired) electrons. The van der Waals surface area contributed by atoms with Crippen LogP contribution in [0.4, 0.5) is 0 Å². The van der Waals surface area contributed by atoms with Crippen molar-refractivity contribution in [2.45, 2.75) is 19.0 Å². The molecular formula is C20H18N4O2S. The summed E-state index contributed by atoms with van der Waals surface area (Å²) in [5.74, 6) is 0.759. The predicted molar refractivity (Wildman–Crippen MR) is 107 cm³/mol. The van der Waals surface area contributed by atoms with Crippen molar-refractivity contribution in [1.29, 1.82) is 0 Å². The first kappa shape index (κ1) is 17.5. The Morgan fingerprint density at radius 1 is 1.11 bits per heavy atom. The molecule has 0 fully saturated rings. The van der Waals surface area contributed by atoms with E-state index in [0.29, 0.717) is 16.3 Å². The van der Waals surface area contributed by atoms with Crippen LogP contribution in [0.15, 0.2) is 52.4 Å². The first-order valence-corrected chi connectivity index (χ1v) is 9.52. The van der Waals surface area contributed by atoms with Crippen molar-refractivity contribution in [3.63, 3.8) is 0 Å². The van der Waals surface area contributed by atoms with Gasteiger partial charge in [-0.3, -0.25) is 18.6 Å². The maximum Gasteiger partial charge on any atom is 0.262 e. The van der Waals surface area contributed by atoms with Gasteiger partial charge in [0.05, 0.1) is 16.7 Å². The first-order chi connectivity index (χ1) is 13.0. The maximum absolute atomic E-state index is 12.7. The zero-order valence-corrected chi connectivity index (χ0v) is 16.1. The third-order valence-electron chi connectivity index (χ3n) is 4.62. The van der Waals surface area contributed by atoms with Crippen LogP contribution in [0.1, 0.15) is 21.5 Å². The van der Waals surface area contributed by atoms with Crippen LogP contribution >= 0.6 is 11.8 Å². The van der Waals surface area contributed by atoms with E-state index in [1.807, 2.05) is 54.6 Å². The molecule has 136 valence electrons. The molecule has 0 saturated carbocycles. The van der Waals surface area contributed by atoms with Crippen LogP contribution < -0.4 is 5.56 Å². The monoisotopic (exact) mass is 378 g/mol. The van der Waals surface area contributed by atoms with Crippen molar-refractivity contribution in [2.75, 3.05) is 5.75 Å². The van der Waals surface area contributed by atoms with E-state index in [9.17, 15) is 9.59 Å². The minimum atomic E-state index is -0.117. The lowest BCUT2D eigenvalue weighted by atomic mass is 10.0. The van der Waals surface area contributed by atoms with Crippen LogP contribution in [0.5, 0.6) is 0 Å². The zero-order valence-electron chi connectivity index (χ0n) is 15.3. The summed E-state index contributed by atoms with van der Waals surface area (Å²) in [6, 6.07) is 13.2. The minimum absolute atomic E-state index is 0.0482. The lowest BCUT2D eigenvalue weighted by Gasteiger charge is -2.08. The Kier molecular flexibility index (Phi) is 4.31. The number of carbonyl (C=O) groups is 1. The number of benzene rings is 2. The standard InChI is InChI=1S/C20H18N4O2S/c1-12-8-9-13(2)15(10-12)17(25)11-27-20-22-21-19-23(3)18(26)14-6-4-5-7-16(14)24(19)20/h4-10H,11H2,1-3H3. The summed E-state index contributed by atoms with van der Waals surface area (Å²) in [7, 11) is 1.68. The Morgan fingerprint density at radius 3 is 2.70 bits per heavy atom. The summed E-state index contributed by atoms with van der Waals surface area (Å²) in [6.07, 6.45) is 0. The lowest BCUT2D eigenvalue weighted by molar-refractivity contribution is 0.102. The predicted octanol–water partition coefficient (Wildman–Crippen LogP) is 3.17. The summed E-state index contributed by atoms with van der Waals surface area (Å²) in [6.45, 7) is 3.91. The third kappa shape index (κ3) is 2.94. The highest BCUT2D eigenvalue weighted by Crippen LogP contribution is 2.23. The van der Waals surface area contributed by atoms with Gasteiger partial charge in [0.1, 0.15) is 0 Å². The molecule has 2 heterocycles. The van der Waals surface area contributed by atoms with Crippen LogP contribution in [-0.2, 0) is 7.05 Å². The van der Waals surface area contributed by atoms with Gasteiger partial charge < -0.3 is 0 Å². The molecule has 0 N–H and O–H groups in total. The average Bonchev–Trinajstić information content (AvgIpc) is 3.10. The number of nitrogens with zero attached hydrogens (tertiary/aromatic N) is 4. The van der Waals surface area contributed by atoms with Gasteiger partial charge in [0, 0.05) is 12.6 Å². The second-order valence-electron chi connectivity index (χ2n) is 6.53. The van der Waals surface area contributed by atoms with E-state index in [4.69, 9.17) is 0 Å². The summed E-state index contributed by atoms with van der Waals surface area (Å²) in [4.78, 5) is 25.2. The Balaban J connectivity index is 1.74. The Labute approximate surface area is 159 Å². The molecule has 0 aliphatic rings. The Morgan fingerprint density at radius 2 is 1.89 bits per heavy atom. The minimum Gasteiger partial charge on any atom is -0.293 e. The number of hydrogen-bond donors (Lipinski definition) is 0. The van der Waals surface area contributed by atoms with Crippen molar-refractivity contribution in [3.05, 3.63) is 69.5 Å². The molecule has 0 aliphatic carbocycles. The van der Waals surface area contributed by atoms with Crippen molar-refractivity contribution < 1.29 is 4.79 Å². The zero-order chi connectivity index (χ0) is 19.1. The third-order valence-corrected chi connectivity index (χ3v) is 5.55. The van der Waals surface area contributed by atoms with Gasteiger partial charge in [-0.1, -0.05) is 41.6 Å². The molecule has 2 aromatic heterocycles. The molecule has 0 bridgehead atoms. The van der Waals surface area contributed by atoms with Gasteiger partial charge in [0.2, 0.25) is 5.78 Å². The molecule has 7 heteroatoms. The summed E-state index contributed by atoms with van der Waals surface area (Å²) in [5.41, 5.74) is 3.37. The SMILES string of the molecule is Cc1ccc(C)c(C(=O)CSc2nnc3n(C)c(=O)c4ccccc4n23)c1. The largest absolute Gasteiger partial charge is 0.293 e. The van der Waals surface area contributed by atoms with E-state index in [2.05, 4.69) is 10.2 Å². The van der Waals surface area contributed by atoms with Gasteiger partial charge >= 0.3 is 0 Å². The highest BCUT2D eigenvalue weighted by Gasteiger charge is 2.17. The number of carbonyl (C=O) groups excluding carboxylic acids is 1. The van der Waals surface area contributed by atoms with Crippen LogP contribution in [-0.4, -0.2) is 30.7 Å². The lowest BCUT2D eigenvalue weighted by Crippen LogP contribution is -2.20. The summed E-state index contributed by atoms with van der Waals surface area (Å²) >= 11 is 1.33. The molecule has 0 spiro atoms. The number of thioether (sulfide) groups is 1. The second kappa shape index (κ2) is 6.66. The van der Waals surface area contributed by atoms with E-state index in [1.165, 1.54) is 16.3 Å². The number of rotatable bonds is 4. The molecule has 0 atom stereocenters. The smallest absolute Gasteiger partial charge is 0.262 e. The fourth-order valence-corrected chi connectivity index (χ4v) is 3.97. The number of aryl methyl sites for hydroxylation is 3. The molecule has 0 amide bonds.